The summed E-state index contributed by atoms with van der Waals surface area (Å²) >= 11 is 6.13. The van der Waals surface area contributed by atoms with Gasteiger partial charge in [0.05, 0.1) is 6.04 Å². The standard InChI is InChI=1S/C17H22ClN3O2.ClH/c1-20(2)16(22)8-11-10-21(17(23)14-4-3-7-19-14)15-6-5-12(18)9-13(11)15;/h5-6,9,11,14,19H,3-4,7-8,10H2,1-2H3;1H. The summed E-state index contributed by atoms with van der Waals surface area (Å²) in [5, 5.41) is 3.90. The predicted molar refractivity (Wildman–Crippen MR) is 98.1 cm³/mol. The zero-order valence-electron chi connectivity index (χ0n) is 13.9. The maximum absolute atomic E-state index is 12.8. The van der Waals surface area contributed by atoms with Crippen molar-refractivity contribution in [2.45, 2.75) is 31.2 Å². The maximum atomic E-state index is 12.8. The average Bonchev–Trinajstić information content (AvgIpc) is 3.15. The number of nitrogens with one attached hydrogen (secondary N) is 1. The number of anilines is 1. The molecule has 1 aromatic carbocycles. The van der Waals surface area contributed by atoms with E-state index in [1.54, 1.807) is 25.1 Å². The first-order valence-corrected chi connectivity index (χ1v) is 8.39. The van der Waals surface area contributed by atoms with Crippen LogP contribution in [0.1, 0.15) is 30.7 Å². The van der Waals surface area contributed by atoms with Gasteiger partial charge in [0, 0.05) is 43.7 Å². The van der Waals surface area contributed by atoms with E-state index in [0.717, 1.165) is 30.6 Å². The van der Waals surface area contributed by atoms with Gasteiger partial charge in [0.15, 0.2) is 0 Å². The van der Waals surface area contributed by atoms with Gasteiger partial charge in [-0.15, -0.1) is 12.4 Å². The number of rotatable bonds is 3. The van der Waals surface area contributed by atoms with Gasteiger partial charge in [0.2, 0.25) is 11.8 Å². The number of benzene rings is 1. The third-order valence-electron chi connectivity index (χ3n) is 4.67. The Morgan fingerprint density at radius 2 is 2.12 bits per heavy atom. The van der Waals surface area contributed by atoms with Gasteiger partial charge in [-0.1, -0.05) is 11.6 Å². The van der Waals surface area contributed by atoms with Crippen molar-refractivity contribution in [3.63, 3.8) is 0 Å². The van der Waals surface area contributed by atoms with Crippen molar-refractivity contribution in [3.8, 4) is 0 Å². The summed E-state index contributed by atoms with van der Waals surface area (Å²) in [6.07, 6.45) is 2.29. The van der Waals surface area contributed by atoms with Crippen LogP contribution in [0.4, 0.5) is 5.69 Å². The lowest BCUT2D eigenvalue weighted by Crippen LogP contribution is -2.43. The first-order valence-electron chi connectivity index (χ1n) is 8.01. The monoisotopic (exact) mass is 371 g/mol. The molecule has 0 aliphatic carbocycles. The summed E-state index contributed by atoms with van der Waals surface area (Å²) in [7, 11) is 3.50. The van der Waals surface area contributed by atoms with Crippen molar-refractivity contribution in [2.24, 2.45) is 0 Å². The van der Waals surface area contributed by atoms with Crippen LogP contribution in [0.15, 0.2) is 18.2 Å². The molecule has 1 fully saturated rings. The van der Waals surface area contributed by atoms with Crippen molar-refractivity contribution in [2.75, 3.05) is 32.1 Å². The molecule has 0 aromatic heterocycles. The zero-order valence-corrected chi connectivity index (χ0v) is 15.5. The Hall–Kier alpha value is -1.30. The van der Waals surface area contributed by atoms with Crippen LogP contribution in [-0.4, -0.2) is 49.9 Å². The number of amides is 2. The lowest BCUT2D eigenvalue weighted by atomic mass is 9.97. The van der Waals surface area contributed by atoms with Crippen molar-refractivity contribution in [1.82, 2.24) is 10.2 Å². The van der Waals surface area contributed by atoms with Crippen LogP contribution in [0, 0.1) is 0 Å². The molecule has 0 spiro atoms. The van der Waals surface area contributed by atoms with Gasteiger partial charge in [0.1, 0.15) is 0 Å². The second-order valence-corrected chi connectivity index (χ2v) is 6.93. The van der Waals surface area contributed by atoms with Crippen molar-refractivity contribution in [3.05, 3.63) is 28.8 Å². The molecule has 2 atom stereocenters. The second kappa shape index (κ2) is 7.72. The Balaban J connectivity index is 0.00000208. The number of halogens is 2. The minimum atomic E-state index is -0.109. The molecular weight excluding hydrogens is 349 g/mol. The molecule has 1 N–H and O–H groups in total. The van der Waals surface area contributed by atoms with E-state index in [0.29, 0.717) is 18.0 Å². The number of carbonyl (C=O) groups is 2. The Labute approximate surface area is 153 Å². The van der Waals surface area contributed by atoms with Crippen molar-refractivity contribution >= 4 is 41.5 Å². The second-order valence-electron chi connectivity index (χ2n) is 6.49. The fourth-order valence-electron chi connectivity index (χ4n) is 3.38. The van der Waals surface area contributed by atoms with Crippen molar-refractivity contribution in [1.29, 1.82) is 0 Å². The smallest absolute Gasteiger partial charge is 0.244 e. The van der Waals surface area contributed by atoms with E-state index in [1.807, 2.05) is 17.0 Å². The quantitative estimate of drug-likeness (QED) is 0.887. The molecule has 24 heavy (non-hydrogen) atoms. The number of fused-ring (bicyclic) bond motifs is 1. The Morgan fingerprint density at radius 3 is 2.75 bits per heavy atom. The third kappa shape index (κ3) is 3.68. The molecule has 0 bridgehead atoms. The molecule has 1 saturated heterocycles. The summed E-state index contributed by atoms with van der Waals surface area (Å²) in [5.74, 6) is 0.170. The van der Waals surface area contributed by atoms with E-state index in [2.05, 4.69) is 5.32 Å². The predicted octanol–water partition coefficient (Wildman–Crippen LogP) is 2.42. The van der Waals surface area contributed by atoms with E-state index in [4.69, 9.17) is 11.6 Å². The lowest BCUT2D eigenvalue weighted by Gasteiger charge is -2.22. The molecule has 7 heteroatoms. The summed E-state index contributed by atoms with van der Waals surface area (Å²) in [6, 6.07) is 5.48. The van der Waals surface area contributed by atoms with Gasteiger partial charge in [-0.05, 0) is 43.1 Å². The summed E-state index contributed by atoms with van der Waals surface area (Å²) in [5.41, 5.74) is 1.89. The van der Waals surface area contributed by atoms with Crippen LogP contribution in [-0.2, 0) is 9.59 Å². The van der Waals surface area contributed by atoms with Gasteiger partial charge < -0.3 is 15.1 Å². The lowest BCUT2D eigenvalue weighted by molar-refractivity contribution is -0.129. The highest BCUT2D eigenvalue weighted by molar-refractivity contribution is 6.30. The highest BCUT2D eigenvalue weighted by Crippen LogP contribution is 2.40. The van der Waals surface area contributed by atoms with Crippen LogP contribution < -0.4 is 10.2 Å². The SMILES string of the molecule is CN(C)C(=O)CC1CN(C(=O)C2CCCN2)c2ccc(Cl)cc21.Cl. The number of nitrogens with zero attached hydrogens (tertiary/aromatic N) is 2. The molecule has 5 nitrogen and oxygen atoms in total. The van der Waals surface area contributed by atoms with E-state index in [1.165, 1.54) is 0 Å². The fourth-order valence-corrected chi connectivity index (χ4v) is 3.56. The Kier molecular flexibility index (Phi) is 6.12. The van der Waals surface area contributed by atoms with Gasteiger partial charge >= 0.3 is 0 Å². The molecule has 2 aliphatic rings. The molecule has 3 rings (SSSR count). The van der Waals surface area contributed by atoms with E-state index in [-0.39, 0.29) is 36.2 Å². The van der Waals surface area contributed by atoms with E-state index in [9.17, 15) is 9.59 Å². The minimum absolute atomic E-state index is 0. The highest BCUT2D eigenvalue weighted by atomic mass is 35.5. The van der Waals surface area contributed by atoms with Crippen molar-refractivity contribution < 1.29 is 9.59 Å². The number of carbonyl (C=O) groups excluding carboxylic acids is 2. The Bertz CT molecular complexity index is 630. The third-order valence-corrected chi connectivity index (χ3v) is 4.90. The van der Waals surface area contributed by atoms with Gasteiger partial charge in [-0.25, -0.2) is 0 Å². The Morgan fingerprint density at radius 1 is 1.38 bits per heavy atom. The zero-order chi connectivity index (χ0) is 16.6. The first kappa shape index (κ1) is 19.0. The minimum Gasteiger partial charge on any atom is -0.349 e. The molecule has 2 aliphatic heterocycles. The summed E-state index contributed by atoms with van der Waals surface area (Å²) in [4.78, 5) is 28.3. The fraction of sp³-hybridized carbons (Fsp3) is 0.529. The van der Waals surface area contributed by atoms with Crippen LogP contribution >= 0.6 is 24.0 Å². The molecule has 0 radical (unpaired) electrons. The number of hydrogen-bond acceptors (Lipinski definition) is 3. The molecule has 1 aromatic rings. The number of hydrogen-bond donors (Lipinski definition) is 1. The van der Waals surface area contributed by atoms with Crippen LogP contribution in [0.25, 0.3) is 0 Å². The molecule has 2 heterocycles. The molecule has 2 unspecified atom stereocenters. The first-order chi connectivity index (χ1) is 11.0. The average molecular weight is 372 g/mol. The maximum Gasteiger partial charge on any atom is 0.244 e. The summed E-state index contributed by atoms with van der Waals surface area (Å²) < 4.78 is 0. The molecule has 132 valence electrons. The van der Waals surface area contributed by atoms with Crippen LogP contribution in [0.3, 0.4) is 0 Å². The van der Waals surface area contributed by atoms with E-state index < -0.39 is 0 Å². The largest absolute Gasteiger partial charge is 0.349 e. The molecule has 0 saturated carbocycles. The topological polar surface area (TPSA) is 52.7 Å². The van der Waals surface area contributed by atoms with Gasteiger partial charge in [-0.2, -0.15) is 0 Å². The molecule has 2 amide bonds. The van der Waals surface area contributed by atoms with E-state index >= 15 is 0 Å². The van der Waals surface area contributed by atoms with Crippen LogP contribution in [0.2, 0.25) is 5.02 Å². The molecular formula is C17H23Cl2N3O2. The highest BCUT2D eigenvalue weighted by Gasteiger charge is 2.37. The summed E-state index contributed by atoms with van der Waals surface area (Å²) in [6.45, 7) is 1.44. The van der Waals surface area contributed by atoms with Crippen LogP contribution in [0.5, 0.6) is 0 Å². The normalized spacial score (nSPS) is 22.0. The van der Waals surface area contributed by atoms with Gasteiger partial charge in [-0.3, -0.25) is 9.59 Å². The van der Waals surface area contributed by atoms with Gasteiger partial charge in [0.25, 0.3) is 0 Å².